The van der Waals surface area contributed by atoms with E-state index in [1.807, 2.05) is 73.4 Å². The Morgan fingerprint density at radius 2 is 1.05 bits per heavy atom. The molecular weight excluding hydrogens is 763 g/mol. The molecule has 13 heteroatoms. The maximum absolute atomic E-state index is 13.9. The van der Waals surface area contributed by atoms with Gasteiger partial charge in [-0.3, -0.25) is 19.6 Å². The molecule has 0 N–H and O–H groups in total. The summed E-state index contributed by atoms with van der Waals surface area (Å²) in [6.07, 6.45) is 10.2. The minimum absolute atomic E-state index is 0.155. The average molecular weight is 812 g/mol. The molecule has 8 rings (SSSR count). The minimum atomic E-state index is -0.213. The second kappa shape index (κ2) is 17.7. The van der Waals surface area contributed by atoms with Crippen molar-refractivity contribution in [3.05, 3.63) is 107 Å². The van der Waals surface area contributed by atoms with Crippen molar-refractivity contribution >= 4 is 46.8 Å². The van der Waals surface area contributed by atoms with Gasteiger partial charge in [-0.05, 0) is 79.2 Å². The molecule has 0 bridgehead atoms. The molecule has 2 amide bonds. The third-order valence-corrected chi connectivity index (χ3v) is 10.9. The molecule has 2 atom stereocenters. The number of methoxy groups -OCH3 is 3. The number of hydrogen-bond donors (Lipinski definition) is 0. The van der Waals surface area contributed by atoms with Crippen LogP contribution in [-0.2, 0) is 0 Å². The van der Waals surface area contributed by atoms with E-state index in [1.54, 1.807) is 55.4 Å². The number of amides is 2. The van der Waals surface area contributed by atoms with Crippen molar-refractivity contribution in [2.45, 2.75) is 37.8 Å². The van der Waals surface area contributed by atoms with Crippen LogP contribution in [0.3, 0.4) is 0 Å². The Kier molecular flexibility index (Phi) is 11.9. The molecule has 4 aromatic rings. The second-order valence-electron chi connectivity index (χ2n) is 15.2. The number of ether oxygens (including phenoxy) is 6. The molecule has 13 nitrogen and oxygen atoms in total. The van der Waals surface area contributed by atoms with Crippen LogP contribution >= 0.6 is 0 Å². The summed E-state index contributed by atoms with van der Waals surface area (Å²) in [5.74, 6) is 3.11. The number of fused-ring (bicyclic) bond motifs is 4. The molecule has 0 aliphatic carbocycles. The highest BCUT2D eigenvalue weighted by molar-refractivity contribution is 6.06. The van der Waals surface area contributed by atoms with Gasteiger partial charge in [-0.25, -0.2) is 0 Å². The van der Waals surface area contributed by atoms with Gasteiger partial charge in [0.1, 0.15) is 11.5 Å². The molecule has 60 heavy (non-hydrogen) atoms. The zero-order valence-corrected chi connectivity index (χ0v) is 34.6. The van der Waals surface area contributed by atoms with Gasteiger partial charge < -0.3 is 43.1 Å². The lowest BCUT2D eigenvalue weighted by molar-refractivity contribution is 0.0809. The van der Waals surface area contributed by atoms with E-state index in [-0.39, 0.29) is 23.9 Å². The van der Waals surface area contributed by atoms with Gasteiger partial charge in [0, 0.05) is 62.8 Å². The van der Waals surface area contributed by atoms with Crippen LogP contribution in [0.4, 0.5) is 11.4 Å². The van der Waals surface area contributed by atoms with Crippen molar-refractivity contribution in [1.29, 1.82) is 0 Å². The maximum Gasteiger partial charge on any atom is 0.260 e. The van der Waals surface area contributed by atoms with Crippen molar-refractivity contribution in [2.24, 2.45) is 9.98 Å². The molecule has 0 saturated heterocycles. The van der Waals surface area contributed by atoms with Crippen LogP contribution in [0.15, 0.2) is 95.2 Å². The lowest BCUT2D eigenvalue weighted by Crippen LogP contribution is -2.32. The van der Waals surface area contributed by atoms with Gasteiger partial charge in [0.15, 0.2) is 23.0 Å². The molecule has 4 aliphatic heterocycles. The normalized spacial score (nSPS) is 17.6. The molecule has 4 heterocycles. The lowest BCUT2D eigenvalue weighted by Gasteiger charge is -2.19. The number of aliphatic imine (C=N–C) groups is 2. The van der Waals surface area contributed by atoms with E-state index in [1.165, 1.54) is 0 Å². The van der Waals surface area contributed by atoms with Crippen LogP contribution in [0.5, 0.6) is 34.5 Å². The Hall–Kier alpha value is -6.60. The fourth-order valence-electron chi connectivity index (χ4n) is 7.71. The Labute approximate surface area is 350 Å². The number of carbonyl (C=O) groups is 2. The molecule has 0 aromatic heterocycles. The zero-order valence-electron chi connectivity index (χ0n) is 34.6. The largest absolute Gasteiger partial charge is 0.497 e. The van der Waals surface area contributed by atoms with Crippen LogP contribution in [0, 0.1) is 0 Å². The Balaban J connectivity index is 0.876. The summed E-state index contributed by atoms with van der Waals surface area (Å²) < 4.78 is 34.8. The number of nitrogens with zero attached hydrogens (tertiary/aromatic N) is 5. The van der Waals surface area contributed by atoms with E-state index < -0.39 is 0 Å². The standard InChI is InChI=1S/C47H49N5O8/c1-50(2)16-6-17-58-37-14-10-31(11-15-37)33-21-35-27-49-41-25-45(43(57-5)23-39(41)47(54)52(35)29-33)60-19-7-18-59-44-24-40-38(22-42(44)56-4)46(53)51-28-32(20-34(51)26-48-40)30-8-12-36(55-3)13-9-30/h8-15,22-29,34-35H,6-7,16-21H2,1-5H3/t34-,35-/m0/s1. The molecular formula is C47H49N5O8. The van der Waals surface area contributed by atoms with Crippen molar-refractivity contribution in [2.75, 3.05) is 61.8 Å². The van der Waals surface area contributed by atoms with Crippen molar-refractivity contribution in [1.82, 2.24) is 14.7 Å². The van der Waals surface area contributed by atoms with Gasteiger partial charge in [-0.1, -0.05) is 24.3 Å². The Bertz CT molecular complexity index is 2370. The summed E-state index contributed by atoms with van der Waals surface area (Å²) in [6.45, 7) is 2.24. The van der Waals surface area contributed by atoms with Gasteiger partial charge >= 0.3 is 0 Å². The van der Waals surface area contributed by atoms with E-state index in [9.17, 15) is 9.59 Å². The van der Waals surface area contributed by atoms with Gasteiger partial charge in [0.2, 0.25) is 0 Å². The fourth-order valence-corrected chi connectivity index (χ4v) is 7.71. The third-order valence-electron chi connectivity index (χ3n) is 10.9. The predicted molar refractivity (Wildman–Crippen MR) is 231 cm³/mol. The highest BCUT2D eigenvalue weighted by atomic mass is 16.5. The monoisotopic (exact) mass is 811 g/mol. The fraction of sp³-hybridized carbons (Fsp3) is 0.319. The highest BCUT2D eigenvalue weighted by Crippen LogP contribution is 2.42. The van der Waals surface area contributed by atoms with Crippen molar-refractivity contribution in [3.63, 3.8) is 0 Å². The molecule has 0 fully saturated rings. The number of carbonyl (C=O) groups excluding carboxylic acids is 2. The molecule has 0 radical (unpaired) electrons. The third kappa shape index (κ3) is 8.44. The smallest absolute Gasteiger partial charge is 0.260 e. The number of rotatable bonds is 16. The topological polar surface area (TPSA) is 124 Å². The second-order valence-corrected chi connectivity index (χ2v) is 15.2. The molecule has 0 spiro atoms. The first-order chi connectivity index (χ1) is 29.2. The summed E-state index contributed by atoms with van der Waals surface area (Å²) in [7, 11) is 8.83. The zero-order chi connectivity index (χ0) is 41.8. The van der Waals surface area contributed by atoms with Crippen LogP contribution in [0.25, 0.3) is 11.1 Å². The predicted octanol–water partition coefficient (Wildman–Crippen LogP) is 7.83. The molecule has 4 aliphatic rings. The average Bonchev–Trinajstić information content (AvgIpc) is 3.85. The van der Waals surface area contributed by atoms with Crippen LogP contribution in [0.1, 0.15) is 57.5 Å². The van der Waals surface area contributed by atoms with Gasteiger partial charge in [0.25, 0.3) is 11.8 Å². The summed E-state index contributed by atoms with van der Waals surface area (Å²) in [5.41, 5.74) is 6.08. The van der Waals surface area contributed by atoms with Crippen molar-refractivity contribution in [3.8, 4) is 34.5 Å². The Morgan fingerprint density at radius 1 is 0.583 bits per heavy atom. The van der Waals surface area contributed by atoms with Crippen LogP contribution in [-0.4, -0.2) is 113 Å². The first kappa shape index (κ1) is 40.2. The number of hydrogen-bond acceptors (Lipinski definition) is 11. The maximum atomic E-state index is 13.9. The first-order valence-corrected chi connectivity index (χ1v) is 20.1. The van der Waals surface area contributed by atoms with E-state index in [0.717, 1.165) is 46.7 Å². The van der Waals surface area contributed by atoms with Gasteiger partial charge in [-0.15, -0.1) is 0 Å². The number of benzene rings is 4. The van der Waals surface area contributed by atoms with E-state index >= 15 is 0 Å². The SMILES string of the molecule is COc1ccc(C2=CN3C(=O)c4cc(OC)c(OCCCOc5cc6c(cc5OC)C(=O)N5C=C(c7ccc(OCCCN(C)C)cc7)C[C@H]5C=N6)cc4N=C[C@@H]3C2)cc1. The summed E-state index contributed by atoms with van der Waals surface area (Å²) in [4.78, 5) is 42.7. The molecule has 0 unspecified atom stereocenters. The quantitative estimate of drug-likeness (QED) is 0.104. The summed E-state index contributed by atoms with van der Waals surface area (Å²) in [5, 5.41) is 0. The molecule has 0 saturated carbocycles. The van der Waals surface area contributed by atoms with Crippen LogP contribution in [0.2, 0.25) is 0 Å². The summed E-state index contributed by atoms with van der Waals surface area (Å²) >= 11 is 0. The van der Waals surface area contributed by atoms with Crippen molar-refractivity contribution < 1.29 is 38.0 Å². The van der Waals surface area contributed by atoms with E-state index in [2.05, 4.69) is 19.0 Å². The lowest BCUT2D eigenvalue weighted by atomic mass is 10.0. The van der Waals surface area contributed by atoms with Crippen LogP contribution < -0.4 is 28.4 Å². The highest BCUT2D eigenvalue weighted by Gasteiger charge is 2.35. The molecule has 310 valence electrons. The first-order valence-electron chi connectivity index (χ1n) is 20.1. The molecule has 4 aromatic carbocycles. The van der Waals surface area contributed by atoms with E-state index in [4.69, 9.17) is 38.4 Å². The van der Waals surface area contributed by atoms with E-state index in [0.29, 0.717) is 84.6 Å². The minimum Gasteiger partial charge on any atom is -0.497 e. The van der Waals surface area contributed by atoms with Gasteiger partial charge in [-0.2, -0.15) is 0 Å². The van der Waals surface area contributed by atoms with Gasteiger partial charge in [0.05, 0.1) is 75.7 Å². The Morgan fingerprint density at radius 3 is 1.50 bits per heavy atom. The summed E-state index contributed by atoms with van der Waals surface area (Å²) in [6, 6.07) is 22.3.